The summed E-state index contributed by atoms with van der Waals surface area (Å²) in [6.07, 6.45) is 7.45. The highest BCUT2D eigenvalue weighted by atomic mass is 16.5. The third-order valence-electron chi connectivity index (χ3n) is 4.84. The molecule has 0 aliphatic heterocycles. The molecule has 0 bridgehead atoms. The standard InChI is InChI=1S/C25H21NO3/c1-4-5-9-17(2)15-26-16-21(23-14-18-10-6-7-13-22(18)29-23)19-11-8-12-20(24(19)26)25(27)28-3/h4-14,16H,1-2,15H2,3H3/b9-5-. The Hall–Kier alpha value is -3.79. The van der Waals surface area contributed by atoms with Crippen molar-refractivity contribution in [1.29, 1.82) is 0 Å². The number of fused-ring (bicyclic) bond motifs is 2. The van der Waals surface area contributed by atoms with Crippen molar-refractivity contribution in [2.24, 2.45) is 0 Å². The molecule has 0 aliphatic carbocycles. The van der Waals surface area contributed by atoms with Crippen molar-refractivity contribution >= 4 is 27.8 Å². The summed E-state index contributed by atoms with van der Waals surface area (Å²) >= 11 is 0. The van der Waals surface area contributed by atoms with Crippen molar-refractivity contribution in [3.8, 4) is 11.3 Å². The summed E-state index contributed by atoms with van der Waals surface area (Å²) < 4.78 is 13.1. The van der Waals surface area contributed by atoms with Crippen molar-refractivity contribution < 1.29 is 13.9 Å². The van der Waals surface area contributed by atoms with E-state index in [1.54, 1.807) is 12.1 Å². The van der Waals surface area contributed by atoms with Crippen LogP contribution in [0.5, 0.6) is 0 Å². The van der Waals surface area contributed by atoms with Gasteiger partial charge in [0.05, 0.1) is 18.2 Å². The predicted octanol–water partition coefficient (Wildman–Crippen LogP) is 6.14. The van der Waals surface area contributed by atoms with Crippen molar-refractivity contribution in [3.63, 3.8) is 0 Å². The molecule has 0 radical (unpaired) electrons. The lowest BCUT2D eigenvalue weighted by atomic mass is 10.1. The van der Waals surface area contributed by atoms with Gasteiger partial charge >= 0.3 is 5.97 Å². The zero-order valence-corrected chi connectivity index (χ0v) is 16.2. The molecule has 4 aromatic rings. The van der Waals surface area contributed by atoms with Gasteiger partial charge in [0.2, 0.25) is 0 Å². The number of carbonyl (C=O) groups is 1. The van der Waals surface area contributed by atoms with Crippen LogP contribution >= 0.6 is 0 Å². The van der Waals surface area contributed by atoms with E-state index in [4.69, 9.17) is 9.15 Å². The summed E-state index contributed by atoms with van der Waals surface area (Å²) in [7, 11) is 1.39. The number of nitrogens with zero attached hydrogens (tertiary/aromatic N) is 1. The molecule has 0 amide bonds. The van der Waals surface area contributed by atoms with Crippen LogP contribution in [0.3, 0.4) is 0 Å². The Bertz CT molecular complexity index is 1240. The number of benzene rings is 2. The number of para-hydroxylation sites is 2. The number of esters is 1. The normalized spacial score (nSPS) is 11.3. The molecule has 0 fully saturated rings. The Morgan fingerprint density at radius 2 is 2.03 bits per heavy atom. The van der Waals surface area contributed by atoms with Crippen molar-refractivity contribution in [1.82, 2.24) is 4.57 Å². The van der Waals surface area contributed by atoms with Crippen LogP contribution in [0.1, 0.15) is 10.4 Å². The molecular weight excluding hydrogens is 362 g/mol. The maximum Gasteiger partial charge on any atom is 0.340 e. The third-order valence-corrected chi connectivity index (χ3v) is 4.84. The first-order valence-electron chi connectivity index (χ1n) is 9.28. The van der Waals surface area contributed by atoms with Gasteiger partial charge in [0.15, 0.2) is 0 Å². The molecular formula is C25H21NO3. The lowest BCUT2D eigenvalue weighted by Crippen LogP contribution is -2.06. The summed E-state index contributed by atoms with van der Waals surface area (Å²) in [5.41, 5.74) is 3.93. The fraction of sp³-hybridized carbons (Fsp3) is 0.0800. The fourth-order valence-electron chi connectivity index (χ4n) is 3.55. The largest absolute Gasteiger partial charge is 0.465 e. The maximum absolute atomic E-state index is 12.4. The summed E-state index contributed by atoms with van der Waals surface area (Å²) in [5.74, 6) is 0.377. The molecule has 144 valence electrons. The van der Waals surface area contributed by atoms with Gasteiger partial charge in [0.25, 0.3) is 0 Å². The van der Waals surface area contributed by atoms with E-state index in [0.717, 1.165) is 38.8 Å². The SMILES string of the molecule is C=C/C=C\C(=C)Cn1cc(-c2cc3ccccc3o2)c2cccc(C(=O)OC)c21. The Kier molecular flexibility index (Phi) is 4.92. The summed E-state index contributed by atoms with van der Waals surface area (Å²) in [6.45, 7) is 8.33. The second kappa shape index (κ2) is 7.68. The monoisotopic (exact) mass is 383 g/mol. The third kappa shape index (κ3) is 3.41. The molecule has 2 aromatic carbocycles. The van der Waals surface area contributed by atoms with Gasteiger partial charge in [-0.1, -0.05) is 61.7 Å². The Morgan fingerprint density at radius 3 is 2.79 bits per heavy atom. The first kappa shape index (κ1) is 18.6. The number of hydrogen-bond acceptors (Lipinski definition) is 3. The van der Waals surface area contributed by atoms with Crippen LogP contribution in [-0.4, -0.2) is 17.6 Å². The highest BCUT2D eigenvalue weighted by Gasteiger charge is 2.20. The van der Waals surface area contributed by atoms with Crippen LogP contribution in [0, 0.1) is 0 Å². The molecule has 0 spiro atoms. The van der Waals surface area contributed by atoms with E-state index in [1.165, 1.54) is 7.11 Å². The van der Waals surface area contributed by atoms with Gasteiger partial charge in [0.1, 0.15) is 11.3 Å². The van der Waals surface area contributed by atoms with Gasteiger partial charge in [-0.3, -0.25) is 0 Å². The molecule has 0 unspecified atom stereocenters. The van der Waals surface area contributed by atoms with E-state index in [9.17, 15) is 4.79 Å². The van der Waals surface area contributed by atoms with Gasteiger partial charge in [-0.2, -0.15) is 0 Å². The van der Waals surface area contributed by atoms with E-state index in [1.807, 2.05) is 65.4 Å². The highest BCUT2D eigenvalue weighted by Crippen LogP contribution is 2.36. The quantitative estimate of drug-likeness (QED) is 0.297. The molecule has 0 aliphatic rings. The van der Waals surface area contributed by atoms with Gasteiger partial charge in [0, 0.05) is 29.1 Å². The predicted molar refractivity (Wildman–Crippen MR) is 117 cm³/mol. The molecule has 0 N–H and O–H groups in total. The summed E-state index contributed by atoms with van der Waals surface area (Å²) in [4.78, 5) is 12.4. The molecule has 0 atom stereocenters. The molecule has 4 rings (SSSR count). The van der Waals surface area contributed by atoms with Crippen LogP contribution in [-0.2, 0) is 11.3 Å². The van der Waals surface area contributed by atoms with Gasteiger partial charge < -0.3 is 13.7 Å². The van der Waals surface area contributed by atoms with Gasteiger partial charge in [-0.05, 0) is 23.8 Å². The Balaban J connectivity index is 1.93. The second-order valence-corrected chi connectivity index (χ2v) is 6.77. The molecule has 4 nitrogen and oxygen atoms in total. The van der Waals surface area contributed by atoms with E-state index in [0.29, 0.717) is 12.1 Å². The zero-order valence-electron chi connectivity index (χ0n) is 16.2. The average molecular weight is 383 g/mol. The second-order valence-electron chi connectivity index (χ2n) is 6.77. The number of methoxy groups -OCH3 is 1. The minimum absolute atomic E-state index is 0.377. The molecule has 29 heavy (non-hydrogen) atoms. The number of hydrogen-bond donors (Lipinski definition) is 0. The van der Waals surface area contributed by atoms with Gasteiger partial charge in [-0.25, -0.2) is 4.79 Å². The molecule has 0 saturated carbocycles. The molecule has 2 aromatic heterocycles. The lowest BCUT2D eigenvalue weighted by Gasteiger charge is -2.08. The molecule has 2 heterocycles. The van der Waals surface area contributed by atoms with Crippen LogP contribution < -0.4 is 0 Å². The van der Waals surface area contributed by atoms with E-state index < -0.39 is 0 Å². The Morgan fingerprint density at radius 1 is 1.21 bits per heavy atom. The minimum Gasteiger partial charge on any atom is -0.465 e. The first-order valence-corrected chi connectivity index (χ1v) is 9.28. The van der Waals surface area contributed by atoms with Gasteiger partial charge in [-0.15, -0.1) is 0 Å². The first-order chi connectivity index (χ1) is 14.1. The zero-order chi connectivity index (χ0) is 20.4. The molecule has 0 saturated heterocycles. The number of furan rings is 1. The maximum atomic E-state index is 12.4. The van der Waals surface area contributed by atoms with Crippen molar-refractivity contribution in [2.75, 3.05) is 7.11 Å². The van der Waals surface area contributed by atoms with Crippen molar-refractivity contribution in [2.45, 2.75) is 6.54 Å². The Labute approximate surface area is 169 Å². The minimum atomic E-state index is -0.377. The van der Waals surface area contributed by atoms with Crippen LogP contribution in [0.25, 0.3) is 33.2 Å². The summed E-state index contributed by atoms with van der Waals surface area (Å²) in [6, 6.07) is 15.5. The number of carbonyl (C=O) groups excluding carboxylic acids is 1. The number of rotatable bonds is 6. The topological polar surface area (TPSA) is 44.4 Å². The molecule has 4 heteroatoms. The van der Waals surface area contributed by atoms with E-state index >= 15 is 0 Å². The van der Waals surface area contributed by atoms with E-state index in [2.05, 4.69) is 13.2 Å². The number of aromatic nitrogens is 1. The van der Waals surface area contributed by atoms with Crippen molar-refractivity contribution in [3.05, 3.63) is 97.3 Å². The summed E-state index contributed by atoms with van der Waals surface area (Å²) in [5, 5.41) is 1.96. The highest BCUT2D eigenvalue weighted by molar-refractivity contribution is 6.08. The number of ether oxygens (including phenoxy) is 1. The smallest absolute Gasteiger partial charge is 0.340 e. The fourth-order valence-corrected chi connectivity index (χ4v) is 3.55. The number of allylic oxidation sites excluding steroid dienone is 4. The van der Waals surface area contributed by atoms with Crippen LogP contribution in [0.4, 0.5) is 0 Å². The average Bonchev–Trinajstić information content (AvgIpc) is 3.33. The van der Waals surface area contributed by atoms with Crippen LogP contribution in [0.15, 0.2) is 96.1 Å². The van der Waals surface area contributed by atoms with Crippen LogP contribution in [0.2, 0.25) is 0 Å². The van der Waals surface area contributed by atoms with E-state index in [-0.39, 0.29) is 5.97 Å². The lowest BCUT2D eigenvalue weighted by molar-refractivity contribution is 0.0602.